The Morgan fingerprint density at radius 2 is 1.39 bits per heavy atom. The summed E-state index contributed by atoms with van der Waals surface area (Å²) in [5, 5.41) is 3.06. The Bertz CT molecular complexity index is 1140. The maximum absolute atomic E-state index is 12.9. The van der Waals surface area contributed by atoms with Crippen molar-refractivity contribution in [3.8, 4) is 0 Å². The van der Waals surface area contributed by atoms with Crippen molar-refractivity contribution in [3.63, 3.8) is 0 Å². The fourth-order valence-electron chi connectivity index (χ4n) is 3.29. The molecule has 0 spiro atoms. The molecule has 31 heavy (non-hydrogen) atoms. The average molecular weight is 437 g/mol. The van der Waals surface area contributed by atoms with E-state index in [1.165, 1.54) is 16.9 Å². The molecule has 3 aromatic carbocycles. The summed E-state index contributed by atoms with van der Waals surface area (Å²) in [6.45, 7) is 5.96. The third-order valence-corrected chi connectivity index (χ3v) is 7.17. The second-order valence-corrected chi connectivity index (χ2v) is 9.65. The predicted octanol–water partition coefficient (Wildman–Crippen LogP) is 5.01. The van der Waals surface area contributed by atoms with E-state index in [9.17, 15) is 13.2 Å². The van der Waals surface area contributed by atoms with Crippen LogP contribution in [0, 0.1) is 13.8 Å². The lowest BCUT2D eigenvalue weighted by atomic mass is 10.0. The van der Waals surface area contributed by atoms with Gasteiger partial charge < -0.3 is 5.32 Å². The summed E-state index contributed by atoms with van der Waals surface area (Å²) in [5.74, 6) is -0.192. The molecule has 0 saturated carbocycles. The SMILES string of the molecule is CC[C@H](NC(=O)c1ccc(N(C)S(=O)(=O)c2ccc(C)cc2)cc1)c1ccc(C)cc1. The molecule has 0 heterocycles. The van der Waals surface area contributed by atoms with E-state index in [-0.39, 0.29) is 16.8 Å². The number of aryl methyl sites for hydroxylation is 2. The zero-order valence-corrected chi connectivity index (χ0v) is 19.1. The lowest BCUT2D eigenvalue weighted by Crippen LogP contribution is -2.28. The first-order chi connectivity index (χ1) is 14.7. The molecule has 0 fully saturated rings. The molecule has 3 aromatic rings. The molecule has 0 unspecified atom stereocenters. The highest BCUT2D eigenvalue weighted by Crippen LogP contribution is 2.23. The summed E-state index contributed by atoms with van der Waals surface area (Å²) in [6.07, 6.45) is 0.768. The summed E-state index contributed by atoms with van der Waals surface area (Å²) < 4.78 is 27.0. The number of nitrogens with one attached hydrogen (secondary N) is 1. The van der Waals surface area contributed by atoms with E-state index in [1.54, 1.807) is 48.5 Å². The Morgan fingerprint density at radius 1 is 0.871 bits per heavy atom. The van der Waals surface area contributed by atoms with E-state index < -0.39 is 10.0 Å². The molecule has 3 rings (SSSR count). The molecule has 0 aliphatic carbocycles. The third kappa shape index (κ3) is 5.14. The number of sulfonamides is 1. The van der Waals surface area contributed by atoms with Gasteiger partial charge in [-0.3, -0.25) is 9.10 Å². The summed E-state index contributed by atoms with van der Waals surface area (Å²) in [5.41, 5.74) is 4.19. The molecule has 1 amide bonds. The first-order valence-corrected chi connectivity index (χ1v) is 11.7. The number of rotatable bonds is 7. The van der Waals surface area contributed by atoms with E-state index >= 15 is 0 Å². The van der Waals surface area contributed by atoms with Crippen LogP contribution >= 0.6 is 0 Å². The van der Waals surface area contributed by atoms with E-state index in [0.717, 1.165) is 17.5 Å². The van der Waals surface area contributed by atoms with Gasteiger partial charge in [0.05, 0.1) is 16.6 Å². The van der Waals surface area contributed by atoms with Gasteiger partial charge in [0.15, 0.2) is 0 Å². The highest BCUT2D eigenvalue weighted by Gasteiger charge is 2.21. The smallest absolute Gasteiger partial charge is 0.264 e. The van der Waals surface area contributed by atoms with Gasteiger partial charge in [0.25, 0.3) is 15.9 Å². The topological polar surface area (TPSA) is 66.5 Å². The number of carbonyl (C=O) groups excluding carboxylic acids is 1. The largest absolute Gasteiger partial charge is 0.345 e. The van der Waals surface area contributed by atoms with Crippen LogP contribution in [-0.2, 0) is 10.0 Å². The number of anilines is 1. The van der Waals surface area contributed by atoms with E-state index in [0.29, 0.717) is 11.3 Å². The summed E-state index contributed by atoms with van der Waals surface area (Å²) in [6, 6.07) is 21.3. The van der Waals surface area contributed by atoms with Crippen molar-refractivity contribution in [3.05, 3.63) is 95.1 Å². The third-order valence-electron chi connectivity index (χ3n) is 5.37. The fraction of sp³-hybridized carbons (Fsp3) is 0.240. The fourth-order valence-corrected chi connectivity index (χ4v) is 4.49. The Morgan fingerprint density at radius 3 is 1.90 bits per heavy atom. The predicted molar refractivity (Wildman–Crippen MR) is 125 cm³/mol. The second kappa shape index (κ2) is 9.35. The van der Waals surface area contributed by atoms with Crippen molar-refractivity contribution >= 4 is 21.6 Å². The minimum atomic E-state index is -3.67. The molecule has 0 saturated heterocycles. The van der Waals surface area contributed by atoms with E-state index in [2.05, 4.69) is 5.32 Å². The Hall–Kier alpha value is -3.12. The molecule has 1 N–H and O–H groups in total. The molecule has 162 valence electrons. The molecular formula is C25H28N2O3S. The second-order valence-electron chi connectivity index (χ2n) is 7.68. The Balaban J connectivity index is 1.74. The minimum absolute atomic E-state index is 0.0858. The van der Waals surface area contributed by atoms with Crippen molar-refractivity contribution < 1.29 is 13.2 Å². The molecule has 6 heteroatoms. The summed E-state index contributed by atoms with van der Waals surface area (Å²) in [7, 11) is -2.16. The van der Waals surface area contributed by atoms with Crippen LogP contribution in [0.5, 0.6) is 0 Å². The maximum Gasteiger partial charge on any atom is 0.264 e. The summed E-state index contributed by atoms with van der Waals surface area (Å²) in [4.78, 5) is 13.0. The van der Waals surface area contributed by atoms with Crippen LogP contribution in [0.25, 0.3) is 0 Å². The van der Waals surface area contributed by atoms with Crippen LogP contribution in [-0.4, -0.2) is 21.4 Å². The maximum atomic E-state index is 12.9. The van der Waals surface area contributed by atoms with Gasteiger partial charge in [-0.25, -0.2) is 8.42 Å². The van der Waals surface area contributed by atoms with Crippen LogP contribution in [0.1, 0.15) is 46.4 Å². The number of hydrogen-bond acceptors (Lipinski definition) is 3. The molecule has 0 aliphatic heterocycles. The molecule has 5 nitrogen and oxygen atoms in total. The quantitative estimate of drug-likeness (QED) is 0.566. The number of carbonyl (C=O) groups is 1. The molecular weight excluding hydrogens is 408 g/mol. The van der Waals surface area contributed by atoms with E-state index in [4.69, 9.17) is 0 Å². The van der Waals surface area contributed by atoms with Crippen LogP contribution in [0.4, 0.5) is 5.69 Å². The average Bonchev–Trinajstić information content (AvgIpc) is 2.78. The van der Waals surface area contributed by atoms with Gasteiger partial charge in [0, 0.05) is 12.6 Å². The Kier molecular flexibility index (Phi) is 6.81. The van der Waals surface area contributed by atoms with Gasteiger partial charge in [-0.2, -0.15) is 0 Å². The number of amides is 1. The van der Waals surface area contributed by atoms with Crippen molar-refractivity contribution in [2.75, 3.05) is 11.4 Å². The number of hydrogen-bond donors (Lipinski definition) is 1. The van der Waals surface area contributed by atoms with Gasteiger partial charge in [-0.1, -0.05) is 54.4 Å². The summed E-state index contributed by atoms with van der Waals surface area (Å²) >= 11 is 0. The van der Waals surface area contributed by atoms with Gasteiger partial charge in [0.2, 0.25) is 0 Å². The highest BCUT2D eigenvalue weighted by molar-refractivity contribution is 7.92. The van der Waals surface area contributed by atoms with Crippen molar-refractivity contribution in [1.29, 1.82) is 0 Å². The van der Waals surface area contributed by atoms with Gasteiger partial charge >= 0.3 is 0 Å². The zero-order chi connectivity index (χ0) is 22.6. The van der Waals surface area contributed by atoms with Crippen molar-refractivity contribution in [2.45, 2.75) is 38.1 Å². The molecule has 1 atom stereocenters. The molecule has 0 aromatic heterocycles. The van der Waals surface area contributed by atoms with E-state index in [1.807, 2.05) is 45.0 Å². The standard InChI is InChI=1S/C25H28N2O3S/c1-5-24(20-10-6-18(2)7-11-20)26-25(28)21-12-14-22(15-13-21)27(4)31(29,30)23-16-8-19(3)9-17-23/h6-17,24H,5H2,1-4H3,(H,26,28)/t24-/m0/s1. The first-order valence-electron chi connectivity index (χ1n) is 10.3. The van der Waals surface area contributed by atoms with Crippen LogP contribution in [0.2, 0.25) is 0 Å². The van der Waals surface area contributed by atoms with Crippen molar-refractivity contribution in [2.24, 2.45) is 0 Å². The van der Waals surface area contributed by atoms with Crippen LogP contribution < -0.4 is 9.62 Å². The number of nitrogens with zero attached hydrogens (tertiary/aromatic N) is 1. The normalized spacial score (nSPS) is 12.3. The molecule has 0 radical (unpaired) electrons. The Labute approximate surface area is 184 Å². The lowest BCUT2D eigenvalue weighted by Gasteiger charge is -2.20. The van der Waals surface area contributed by atoms with Crippen molar-refractivity contribution in [1.82, 2.24) is 5.32 Å². The van der Waals surface area contributed by atoms with Crippen LogP contribution in [0.15, 0.2) is 77.7 Å². The zero-order valence-electron chi connectivity index (χ0n) is 18.3. The number of benzene rings is 3. The van der Waals surface area contributed by atoms with Gasteiger partial charge in [-0.05, 0) is 62.2 Å². The monoisotopic (exact) mass is 436 g/mol. The van der Waals surface area contributed by atoms with Gasteiger partial charge in [0.1, 0.15) is 0 Å². The first kappa shape index (κ1) is 22.6. The lowest BCUT2D eigenvalue weighted by molar-refractivity contribution is 0.0935. The minimum Gasteiger partial charge on any atom is -0.345 e. The van der Waals surface area contributed by atoms with Crippen LogP contribution in [0.3, 0.4) is 0 Å². The highest BCUT2D eigenvalue weighted by atomic mass is 32.2. The van der Waals surface area contributed by atoms with Gasteiger partial charge in [-0.15, -0.1) is 0 Å². The molecule has 0 bridgehead atoms. The molecule has 0 aliphatic rings.